The van der Waals surface area contributed by atoms with Crippen LogP contribution in [0.1, 0.15) is 32.6 Å². The van der Waals surface area contributed by atoms with Crippen LogP contribution >= 0.6 is 0 Å². The van der Waals surface area contributed by atoms with Crippen molar-refractivity contribution in [2.75, 3.05) is 12.3 Å². The largest absolute Gasteiger partial charge is 0.466 e. The number of rotatable bonds is 7. The van der Waals surface area contributed by atoms with Crippen molar-refractivity contribution in [2.45, 2.75) is 39.2 Å². The van der Waals surface area contributed by atoms with E-state index >= 15 is 0 Å². The highest BCUT2D eigenvalue weighted by Crippen LogP contribution is 2.04. The molecule has 0 fully saturated rings. The Balaban J connectivity index is 2.02. The Bertz CT molecular complexity index is 323. The number of ether oxygens (including phenoxy) is 1. The summed E-state index contributed by atoms with van der Waals surface area (Å²) in [7, 11) is 0. The number of hydrogen-bond acceptors (Lipinski definition) is 4. The molecule has 1 aromatic heterocycles. The first-order chi connectivity index (χ1) is 7.72. The van der Waals surface area contributed by atoms with E-state index in [9.17, 15) is 4.79 Å². The predicted molar refractivity (Wildman–Crippen MR) is 61.7 cm³/mol. The molecule has 2 N–H and O–H groups in total. The normalized spacial score (nSPS) is 10.3. The Morgan fingerprint density at radius 1 is 1.50 bits per heavy atom. The second kappa shape index (κ2) is 6.87. The zero-order valence-corrected chi connectivity index (χ0v) is 9.69. The number of carbonyl (C=O) groups is 1. The second-order valence-corrected chi connectivity index (χ2v) is 3.65. The Hall–Kier alpha value is -1.52. The zero-order valence-electron chi connectivity index (χ0n) is 9.69. The van der Waals surface area contributed by atoms with Gasteiger partial charge in [-0.25, -0.2) is 0 Å². The first-order valence-electron chi connectivity index (χ1n) is 5.66. The molecule has 1 rings (SSSR count). The lowest BCUT2D eigenvalue weighted by Crippen LogP contribution is -2.04. The van der Waals surface area contributed by atoms with E-state index in [2.05, 4.69) is 5.10 Å². The molecule has 0 saturated carbocycles. The number of hydrogen-bond donors (Lipinski definition) is 1. The van der Waals surface area contributed by atoms with E-state index in [-0.39, 0.29) is 5.97 Å². The fourth-order valence-corrected chi connectivity index (χ4v) is 1.45. The van der Waals surface area contributed by atoms with Crippen LogP contribution in [0.25, 0.3) is 0 Å². The van der Waals surface area contributed by atoms with Crippen LogP contribution in [0.2, 0.25) is 0 Å². The molecule has 5 nitrogen and oxygen atoms in total. The summed E-state index contributed by atoms with van der Waals surface area (Å²) in [6.45, 7) is 3.13. The molecule has 0 aliphatic rings. The Morgan fingerprint density at radius 2 is 2.31 bits per heavy atom. The van der Waals surface area contributed by atoms with Crippen molar-refractivity contribution in [3.05, 3.63) is 12.4 Å². The Kier molecular flexibility index (Phi) is 5.39. The summed E-state index contributed by atoms with van der Waals surface area (Å²) in [5.74, 6) is -0.106. The summed E-state index contributed by atoms with van der Waals surface area (Å²) in [4.78, 5) is 11.0. The maximum atomic E-state index is 11.0. The van der Waals surface area contributed by atoms with Gasteiger partial charge in [-0.1, -0.05) is 6.42 Å². The van der Waals surface area contributed by atoms with Crippen LogP contribution in [0.3, 0.4) is 0 Å². The maximum absolute atomic E-state index is 11.0. The molecule has 0 radical (unpaired) electrons. The van der Waals surface area contributed by atoms with Gasteiger partial charge in [0.1, 0.15) is 0 Å². The van der Waals surface area contributed by atoms with Crippen LogP contribution in [0.4, 0.5) is 5.69 Å². The van der Waals surface area contributed by atoms with Gasteiger partial charge in [-0.05, 0) is 19.8 Å². The van der Waals surface area contributed by atoms with Gasteiger partial charge in [-0.3, -0.25) is 9.48 Å². The first kappa shape index (κ1) is 12.5. The first-order valence-corrected chi connectivity index (χ1v) is 5.66. The van der Waals surface area contributed by atoms with E-state index in [0.29, 0.717) is 18.7 Å². The molecule has 0 aromatic carbocycles. The summed E-state index contributed by atoms with van der Waals surface area (Å²) < 4.78 is 6.66. The average Bonchev–Trinajstić information content (AvgIpc) is 2.64. The minimum absolute atomic E-state index is 0.106. The number of aryl methyl sites for hydroxylation is 1. The van der Waals surface area contributed by atoms with Gasteiger partial charge in [-0.2, -0.15) is 5.10 Å². The summed E-state index contributed by atoms with van der Waals surface area (Å²) in [6.07, 6.45) is 6.83. The summed E-state index contributed by atoms with van der Waals surface area (Å²) >= 11 is 0. The average molecular weight is 225 g/mol. The fraction of sp³-hybridized carbons (Fsp3) is 0.636. The van der Waals surface area contributed by atoms with Crippen molar-refractivity contribution in [3.63, 3.8) is 0 Å². The smallest absolute Gasteiger partial charge is 0.305 e. The highest BCUT2D eigenvalue weighted by atomic mass is 16.5. The number of nitrogen functional groups attached to an aromatic ring is 1. The summed E-state index contributed by atoms with van der Waals surface area (Å²) in [5.41, 5.74) is 6.22. The highest BCUT2D eigenvalue weighted by molar-refractivity contribution is 5.69. The third-order valence-electron chi connectivity index (χ3n) is 2.23. The van der Waals surface area contributed by atoms with E-state index in [1.54, 1.807) is 6.20 Å². The number of anilines is 1. The van der Waals surface area contributed by atoms with E-state index in [1.165, 1.54) is 0 Å². The number of carbonyl (C=O) groups excluding carboxylic acids is 1. The lowest BCUT2D eigenvalue weighted by atomic mass is 10.2. The minimum atomic E-state index is -0.106. The van der Waals surface area contributed by atoms with Gasteiger partial charge in [0.15, 0.2) is 0 Å². The van der Waals surface area contributed by atoms with Crippen LogP contribution in [0.5, 0.6) is 0 Å². The third-order valence-corrected chi connectivity index (χ3v) is 2.23. The van der Waals surface area contributed by atoms with Gasteiger partial charge in [-0.15, -0.1) is 0 Å². The van der Waals surface area contributed by atoms with Crippen LogP contribution in [-0.4, -0.2) is 22.4 Å². The molecular formula is C11H19N3O2. The molecule has 1 aromatic rings. The molecule has 16 heavy (non-hydrogen) atoms. The van der Waals surface area contributed by atoms with E-state index in [4.69, 9.17) is 10.5 Å². The molecule has 0 unspecified atom stereocenters. The fourth-order valence-electron chi connectivity index (χ4n) is 1.45. The highest BCUT2D eigenvalue weighted by Gasteiger charge is 2.01. The van der Waals surface area contributed by atoms with Crippen molar-refractivity contribution >= 4 is 11.7 Å². The van der Waals surface area contributed by atoms with Gasteiger partial charge >= 0.3 is 5.97 Å². The van der Waals surface area contributed by atoms with Crippen molar-refractivity contribution in [3.8, 4) is 0 Å². The van der Waals surface area contributed by atoms with Crippen LogP contribution in [0, 0.1) is 0 Å². The monoisotopic (exact) mass is 225 g/mol. The molecule has 90 valence electrons. The predicted octanol–water partition coefficient (Wildman–Crippen LogP) is 1.59. The number of nitrogens with two attached hydrogens (primary N) is 1. The molecule has 0 bridgehead atoms. The maximum Gasteiger partial charge on any atom is 0.305 e. The van der Waals surface area contributed by atoms with Crippen LogP contribution in [0.15, 0.2) is 12.4 Å². The molecule has 0 amide bonds. The van der Waals surface area contributed by atoms with Gasteiger partial charge in [0, 0.05) is 19.2 Å². The number of aromatic nitrogens is 2. The van der Waals surface area contributed by atoms with Gasteiger partial charge in [0.2, 0.25) is 0 Å². The second-order valence-electron chi connectivity index (χ2n) is 3.65. The molecule has 0 aliphatic carbocycles. The van der Waals surface area contributed by atoms with Crippen molar-refractivity contribution in [2.24, 2.45) is 0 Å². The van der Waals surface area contributed by atoms with E-state index < -0.39 is 0 Å². The standard InChI is InChI=1S/C11H19N3O2/c1-2-16-11(15)6-4-3-5-7-14-9-10(12)8-13-14/h8-9H,2-7,12H2,1H3. The number of nitrogens with zero attached hydrogens (tertiary/aromatic N) is 2. The number of unbranched alkanes of at least 4 members (excludes halogenated alkanes) is 2. The van der Waals surface area contributed by atoms with Crippen molar-refractivity contribution in [1.29, 1.82) is 0 Å². The molecule has 0 spiro atoms. The molecule has 0 aliphatic heterocycles. The molecule has 0 saturated heterocycles. The topological polar surface area (TPSA) is 70.1 Å². The SMILES string of the molecule is CCOC(=O)CCCCCn1cc(N)cn1. The Labute approximate surface area is 95.6 Å². The summed E-state index contributed by atoms with van der Waals surface area (Å²) in [5, 5.41) is 4.08. The molecule has 1 heterocycles. The van der Waals surface area contributed by atoms with E-state index in [0.717, 1.165) is 25.8 Å². The van der Waals surface area contributed by atoms with Gasteiger partial charge < -0.3 is 10.5 Å². The van der Waals surface area contributed by atoms with Crippen molar-refractivity contribution < 1.29 is 9.53 Å². The lowest BCUT2D eigenvalue weighted by Gasteiger charge is -2.02. The summed E-state index contributed by atoms with van der Waals surface area (Å²) in [6, 6.07) is 0. The van der Waals surface area contributed by atoms with Crippen LogP contribution in [-0.2, 0) is 16.1 Å². The van der Waals surface area contributed by atoms with E-state index in [1.807, 2.05) is 17.8 Å². The minimum Gasteiger partial charge on any atom is -0.466 e. The third kappa shape index (κ3) is 4.82. The Morgan fingerprint density at radius 3 is 2.94 bits per heavy atom. The van der Waals surface area contributed by atoms with Crippen molar-refractivity contribution in [1.82, 2.24) is 9.78 Å². The quantitative estimate of drug-likeness (QED) is 0.565. The molecular weight excluding hydrogens is 206 g/mol. The van der Waals surface area contributed by atoms with Gasteiger partial charge in [0.05, 0.1) is 18.5 Å². The molecule has 0 atom stereocenters. The molecule has 5 heteroatoms. The van der Waals surface area contributed by atoms with Gasteiger partial charge in [0.25, 0.3) is 0 Å². The number of esters is 1. The lowest BCUT2D eigenvalue weighted by molar-refractivity contribution is -0.143. The zero-order chi connectivity index (χ0) is 11.8. The van der Waals surface area contributed by atoms with Crippen LogP contribution < -0.4 is 5.73 Å².